The van der Waals surface area contributed by atoms with Crippen molar-refractivity contribution in [3.63, 3.8) is 0 Å². The van der Waals surface area contributed by atoms with Gasteiger partial charge in [-0.15, -0.1) is 0 Å². The van der Waals surface area contributed by atoms with Crippen molar-refractivity contribution in [2.75, 3.05) is 0 Å². The van der Waals surface area contributed by atoms with Crippen LogP contribution in [-0.4, -0.2) is 11.1 Å². The molecule has 0 aliphatic heterocycles. The van der Waals surface area contributed by atoms with Crippen LogP contribution in [0.15, 0.2) is 0 Å². The first-order valence-electron chi connectivity index (χ1n) is 5.47. The van der Waals surface area contributed by atoms with Crippen LogP contribution in [0.4, 0.5) is 0 Å². The van der Waals surface area contributed by atoms with Gasteiger partial charge in [-0.3, -0.25) is 4.79 Å². The standard InChI is InChI=1S/C11H16O2/c12-10(13)11-5-4-7(6-11)8-2-1-3-9(8)11/h7-9H,1-6H2,(H,12,13). The normalized spacial score (nSPS) is 52.5. The van der Waals surface area contributed by atoms with E-state index >= 15 is 0 Å². The third-order valence-corrected chi connectivity index (χ3v) is 4.90. The van der Waals surface area contributed by atoms with E-state index in [4.69, 9.17) is 0 Å². The highest BCUT2D eigenvalue weighted by Gasteiger charge is 2.62. The van der Waals surface area contributed by atoms with Crippen molar-refractivity contribution >= 4 is 5.97 Å². The molecule has 3 aliphatic carbocycles. The van der Waals surface area contributed by atoms with E-state index in [1.165, 1.54) is 25.7 Å². The predicted octanol–water partition coefficient (Wildman–Crippen LogP) is 2.29. The SMILES string of the molecule is O=C(O)C12CCC(C1)C1CCCC12. The average Bonchev–Trinajstić information content (AvgIpc) is 2.76. The molecule has 3 rings (SSSR count). The van der Waals surface area contributed by atoms with Gasteiger partial charge in [0.05, 0.1) is 5.41 Å². The number of carbonyl (C=O) groups is 1. The third kappa shape index (κ3) is 0.773. The first-order valence-corrected chi connectivity index (χ1v) is 5.47. The molecule has 4 unspecified atom stereocenters. The van der Waals surface area contributed by atoms with Crippen LogP contribution in [-0.2, 0) is 4.79 Å². The second-order valence-electron chi connectivity index (χ2n) is 5.17. The van der Waals surface area contributed by atoms with Crippen molar-refractivity contribution in [2.24, 2.45) is 23.2 Å². The minimum Gasteiger partial charge on any atom is -0.481 e. The molecule has 3 fully saturated rings. The Hall–Kier alpha value is -0.530. The Kier molecular flexibility index (Phi) is 1.38. The summed E-state index contributed by atoms with van der Waals surface area (Å²) in [5.41, 5.74) is -0.272. The lowest BCUT2D eigenvalue weighted by atomic mass is 9.72. The van der Waals surface area contributed by atoms with Gasteiger partial charge in [0, 0.05) is 0 Å². The number of fused-ring (bicyclic) bond motifs is 5. The van der Waals surface area contributed by atoms with E-state index < -0.39 is 5.97 Å². The molecule has 2 nitrogen and oxygen atoms in total. The zero-order chi connectivity index (χ0) is 9.05. The summed E-state index contributed by atoms with van der Waals surface area (Å²) in [6, 6.07) is 0. The van der Waals surface area contributed by atoms with E-state index in [9.17, 15) is 9.90 Å². The van der Waals surface area contributed by atoms with Gasteiger partial charge >= 0.3 is 5.97 Å². The fraction of sp³-hybridized carbons (Fsp3) is 0.909. The molecule has 0 radical (unpaired) electrons. The van der Waals surface area contributed by atoms with Crippen molar-refractivity contribution in [2.45, 2.75) is 38.5 Å². The van der Waals surface area contributed by atoms with Crippen LogP contribution in [0.3, 0.4) is 0 Å². The molecule has 3 saturated carbocycles. The second kappa shape index (κ2) is 2.28. The zero-order valence-corrected chi connectivity index (χ0v) is 7.83. The van der Waals surface area contributed by atoms with Crippen LogP contribution in [0.5, 0.6) is 0 Å². The summed E-state index contributed by atoms with van der Waals surface area (Å²) in [7, 11) is 0. The minimum absolute atomic E-state index is 0.272. The van der Waals surface area contributed by atoms with E-state index in [1.807, 2.05) is 0 Å². The summed E-state index contributed by atoms with van der Waals surface area (Å²) in [4.78, 5) is 11.3. The summed E-state index contributed by atoms with van der Waals surface area (Å²) >= 11 is 0. The molecule has 72 valence electrons. The maximum atomic E-state index is 11.3. The molecule has 0 spiro atoms. The zero-order valence-electron chi connectivity index (χ0n) is 7.83. The first-order chi connectivity index (χ1) is 6.24. The van der Waals surface area contributed by atoms with Gasteiger partial charge < -0.3 is 5.11 Å². The average molecular weight is 180 g/mol. The van der Waals surface area contributed by atoms with Crippen molar-refractivity contribution in [3.05, 3.63) is 0 Å². The Bertz CT molecular complexity index is 261. The molecule has 1 N–H and O–H groups in total. The fourth-order valence-corrected chi connectivity index (χ4v) is 4.41. The smallest absolute Gasteiger partial charge is 0.309 e. The molecule has 3 aliphatic rings. The molecular weight excluding hydrogens is 164 g/mol. The van der Waals surface area contributed by atoms with Gasteiger partial charge in [0.1, 0.15) is 0 Å². The molecule has 13 heavy (non-hydrogen) atoms. The van der Waals surface area contributed by atoms with Crippen molar-refractivity contribution in [1.82, 2.24) is 0 Å². The van der Waals surface area contributed by atoms with Crippen LogP contribution in [0, 0.1) is 23.2 Å². The highest BCUT2D eigenvalue weighted by atomic mass is 16.4. The lowest BCUT2D eigenvalue weighted by Gasteiger charge is -2.31. The lowest BCUT2D eigenvalue weighted by molar-refractivity contribution is -0.151. The molecule has 0 aromatic heterocycles. The van der Waals surface area contributed by atoms with E-state index in [1.54, 1.807) is 0 Å². The molecule has 0 amide bonds. The monoisotopic (exact) mass is 180 g/mol. The fourth-order valence-electron chi connectivity index (χ4n) is 4.41. The second-order valence-corrected chi connectivity index (χ2v) is 5.17. The van der Waals surface area contributed by atoms with Crippen LogP contribution < -0.4 is 0 Å². The highest BCUT2D eigenvalue weighted by molar-refractivity contribution is 5.76. The van der Waals surface area contributed by atoms with Gasteiger partial charge in [0.15, 0.2) is 0 Å². The van der Waals surface area contributed by atoms with Gasteiger partial charge in [0.25, 0.3) is 0 Å². The molecule has 0 saturated heterocycles. The topological polar surface area (TPSA) is 37.3 Å². The van der Waals surface area contributed by atoms with E-state index in [2.05, 4.69) is 0 Å². The van der Waals surface area contributed by atoms with Gasteiger partial charge in [0.2, 0.25) is 0 Å². The number of hydrogen-bond acceptors (Lipinski definition) is 1. The maximum Gasteiger partial charge on any atom is 0.309 e. The largest absolute Gasteiger partial charge is 0.481 e. The summed E-state index contributed by atoms with van der Waals surface area (Å²) < 4.78 is 0. The number of rotatable bonds is 1. The Morgan fingerprint density at radius 3 is 2.92 bits per heavy atom. The first kappa shape index (κ1) is 7.84. The van der Waals surface area contributed by atoms with Gasteiger partial charge in [-0.25, -0.2) is 0 Å². The van der Waals surface area contributed by atoms with E-state index in [0.29, 0.717) is 5.92 Å². The van der Waals surface area contributed by atoms with Crippen LogP contribution in [0.2, 0.25) is 0 Å². The van der Waals surface area contributed by atoms with Crippen molar-refractivity contribution in [3.8, 4) is 0 Å². The van der Waals surface area contributed by atoms with E-state index in [0.717, 1.165) is 24.7 Å². The van der Waals surface area contributed by atoms with Crippen molar-refractivity contribution in [1.29, 1.82) is 0 Å². The molecular formula is C11H16O2. The Labute approximate surface area is 78.3 Å². The molecule has 0 aromatic carbocycles. The summed E-state index contributed by atoms with van der Waals surface area (Å²) in [5.74, 6) is 1.60. The van der Waals surface area contributed by atoms with Gasteiger partial charge in [-0.2, -0.15) is 0 Å². The molecule has 4 atom stereocenters. The molecule has 2 bridgehead atoms. The van der Waals surface area contributed by atoms with Crippen LogP contribution >= 0.6 is 0 Å². The van der Waals surface area contributed by atoms with Crippen molar-refractivity contribution < 1.29 is 9.90 Å². The lowest BCUT2D eigenvalue weighted by Crippen LogP contribution is -2.35. The number of carboxylic acids is 1. The minimum atomic E-state index is -0.496. The number of carboxylic acid groups (broad SMARTS) is 1. The summed E-state index contributed by atoms with van der Waals surface area (Å²) in [6.45, 7) is 0. The molecule has 0 heterocycles. The van der Waals surface area contributed by atoms with Gasteiger partial charge in [-0.1, -0.05) is 6.42 Å². The predicted molar refractivity (Wildman–Crippen MR) is 48.2 cm³/mol. The number of aliphatic carboxylic acids is 1. The summed E-state index contributed by atoms with van der Waals surface area (Å²) in [5, 5.41) is 9.34. The highest BCUT2D eigenvalue weighted by Crippen LogP contribution is 2.65. The van der Waals surface area contributed by atoms with Crippen LogP contribution in [0.1, 0.15) is 38.5 Å². The third-order valence-electron chi connectivity index (χ3n) is 4.90. The van der Waals surface area contributed by atoms with E-state index in [-0.39, 0.29) is 5.41 Å². The molecule has 0 aromatic rings. The maximum absolute atomic E-state index is 11.3. The van der Waals surface area contributed by atoms with Crippen LogP contribution in [0.25, 0.3) is 0 Å². The Morgan fingerprint density at radius 2 is 2.15 bits per heavy atom. The Morgan fingerprint density at radius 1 is 1.31 bits per heavy atom. The number of hydrogen-bond donors (Lipinski definition) is 1. The molecule has 2 heteroatoms. The summed E-state index contributed by atoms with van der Waals surface area (Å²) in [6.07, 6.45) is 6.93. The van der Waals surface area contributed by atoms with Gasteiger partial charge in [-0.05, 0) is 49.9 Å². The Balaban J connectivity index is 2.00. The quantitative estimate of drug-likeness (QED) is 0.672.